The summed E-state index contributed by atoms with van der Waals surface area (Å²) < 4.78 is 31.8. The van der Waals surface area contributed by atoms with E-state index in [4.69, 9.17) is 4.74 Å². The molecule has 0 bridgehead atoms. The summed E-state index contributed by atoms with van der Waals surface area (Å²) in [5.74, 6) is 0. The van der Waals surface area contributed by atoms with Crippen molar-refractivity contribution < 1.29 is 13.2 Å². The number of aromatic amines is 1. The van der Waals surface area contributed by atoms with Crippen molar-refractivity contribution >= 4 is 10.0 Å². The number of nitrogens with one attached hydrogen (secondary N) is 1. The van der Waals surface area contributed by atoms with Crippen LogP contribution < -0.4 is 0 Å². The smallest absolute Gasteiger partial charge is 0.246 e. The molecule has 2 rings (SSSR count). The van der Waals surface area contributed by atoms with Gasteiger partial charge < -0.3 is 4.74 Å². The zero-order valence-electron chi connectivity index (χ0n) is 10.7. The van der Waals surface area contributed by atoms with Crippen molar-refractivity contribution in [2.24, 2.45) is 0 Å². The molecule has 1 saturated heterocycles. The molecule has 1 unspecified atom stereocenters. The summed E-state index contributed by atoms with van der Waals surface area (Å²) >= 11 is 0. The van der Waals surface area contributed by atoms with E-state index in [-0.39, 0.29) is 11.0 Å². The second kappa shape index (κ2) is 5.38. The van der Waals surface area contributed by atoms with Crippen LogP contribution in [-0.2, 0) is 14.8 Å². The lowest BCUT2D eigenvalue weighted by Crippen LogP contribution is -2.37. The lowest BCUT2D eigenvalue weighted by Gasteiger charge is -2.23. The van der Waals surface area contributed by atoms with Gasteiger partial charge in [-0.15, -0.1) is 0 Å². The average Bonchev–Trinajstić information content (AvgIpc) is 2.96. The molecule has 0 radical (unpaired) electrons. The van der Waals surface area contributed by atoms with Crippen LogP contribution in [-0.4, -0.2) is 48.7 Å². The number of rotatable bonds is 5. The van der Waals surface area contributed by atoms with E-state index in [0.717, 1.165) is 19.4 Å². The van der Waals surface area contributed by atoms with E-state index >= 15 is 0 Å². The largest absolute Gasteiger partial charge is 0.377 e. The highest BCUT2D eigenvalue weighted by Gasteiger charge is 2.29. The third-order valence-electron chi connectivity index (χ3n) is 3.19. The number of nitrogens with zero attached hydrogens (tertiary/aromatic N) is 2. The van der Waals surface area contributed by atoms with Gasteiger partial charge in [-0.05, 0) is 19.8 Å². The van der Waals surface area contributed by atoms with Crippen LogP contribution in [0.3, 0.4) is 0 Å². The lowest BCUT2D eigenvalue weighted by atomic mass is 10.2. The van der Waals surface area contributed by atoms with Crippen molar-refractivity contribution in [3.63, 3.8) is 0 Å². The minimum Gasteiger partial charge on any atom is -0.377 e. The van der Waals surface area contributed by atoms with E-state index in [0.29, 0.717) is 18.8 Å². The monoisotopic (exact) mass is 273 g/mol. The highest BCUT2D eigenvalue weighted by atomic mass is 32.2. The standard InChI is InChI=1S/C11H19N3O3S/c1-3-14(8-10-5-4-6-17-10)18(15,16)11-7-12-13-9(11)2/h7,10H,3-6,8H2,1-2H3,(H,12,13). The van der Waals surface area contributed by atoms with Crippen molar-refractivity contribution in [2.45, 2.75) is 37.7 Å². The Morgan fingerprint density at radius 2 is 2.39 bits per heavy atom. The van der Waals surface area contributed by atoms with Crippen LogP contribution in [0.1, 0.15) is 25.5 Å². The van der Waals surface area contributed by atoms with Gasteiger partial charge in [0.2, 0.25) is 10.0 Å². The highest BCUT2D eigenvalue weighted by molar-refractivity contribution is 7.89. The van der Waals surface area contributed by atoms with Crippen LogP contribution in [0.25, 0.3) is 0 Å². The fourth-order valence-electron chi connectivity index (χ4n) is 2.15. The number of hydrogen-bond acceptors (Lipinski definition) is 4. The van der Waals surface area contributed by atoms with Crippen LogP contribution in [0.2, 0.25) is 0 Å². The van der Waals surface area contributed by atoms with Gasteiger partial charge in [0.15, 0.2) is 0 Å². The molecule has 6 nitrogen and oxygen atoms in total. The molecule has 7 heteroatoms. The lowest BCUT2D eigenvalue weighted by molar-refractivity contribution is 0.0946. The number of sulfonamides is 1. The van der Waals surface area contributed by atoms with Crippen molar-refractivity contribution in [1.82, 2.24) is 14.5 Å². The Kier molecular flexibility index (Phi) is 4.04. The number of H-pyrrole nitrogens is 1. The molecule has 18 heavy (non-hydrogen) atoms. The summed E-state index contributed by atoms with van der Waals surface area (Å²) in [4.78, 5) is 0.252. The van der Waals surface area contributed by atoms with Crippen LogP contribution in [0, 0.1) is 6.92 Å². The molecule has 0 amide bonds. The average molecular weight is 273 g/mol. The first kappa shape index (κ1) is 13.5. The third-order valence-corrected chi connectivity index (χ3v) is 5.24. The van der Waals surface area contributed by atoms with E-state index in [1.165, 1.54) is 10.5 Å². The van der Waals surface area contributed by atoms with Crippen LogP contribution in [0.15, 0.2) is 11.1 Å². The summed E-state index contributed by atoms with van der Waals surface area (Å²) in [5.41, 5.74) is 0.570. The molecule has 1 fully saturated rings. The summed E-state index contributed by atoms with van der Waals surface area (Å²) in [6.45, 7) is 5.13. The van der Waals surface area contributed by atoms with Crippen molar-refractivity contribution in [3.8, 4) is 0 Å². The molecule has 1 N–H and O–H groups in total. The Bertz CT molecular complexity index is 491. The normalized spacial score (nSPS) is 20.7. The van der Waals surface area contributed by atoms with Crippen molar-refractivity contribution in [2.75, 3.05) is 19.7 Å². The van der Waals surface area contributed by atoms with Gasteiger partial charge in [0.05, 0.1) is 18.0 Å². The van der Waals surface area contributed by atoms with Gasteiger partial charge in [-0.1, -0.05) is 6.92 Å². The van der Waals surface area contributed by atoms with Crippen LogP contribution in [0.4, 0.5) is 0 Å². The fourth-order valence-corrected chi connectivity index (χ4v) is 3.75. The molecule has 102 valence electrons. The molecule has 1 aromatic rings. The van der Waals surface area contributed by atoms with Gasteiger partial charge in [0, 0.05) is 19.7 Å². The summed E-state index contributed by atoms with van der Waals surface area (Å²) in [6, 6.07) is 0. The predicted molar refractivity (Wildman–Crippen MR) is 66.7 cm³/mol. The van der Waals surface area contributed by atoms with E-state index in [1.807, 2.05) is 6.92 Å². The predicted octanol–water partition coefficient (Wildman–Crippen LogP) is 0.908. The SMILES string of the molecule is CCN(CC1CCCO1)S(=O)(=O)c1cn[nH]c1C. The molecule has 1 aliphatic rings. The van der Waals surface area contributed by atoms with E-state index in [1.54, 1.807) is 6.92 Å². The molecule has 1 atom stereocenters. The van der Waals surface area contributed by atoms with Gasteiger partial charge in [0.25, 0.3) is 0 Å². The quantitative estimate of drug-likeness (QED) is 0.865. The third kappa shape index (κ3) is 2.57. The maximum atomic E-state index is 12.4. The number of aryl methyl sites for hydroxylation is 1. The van der Waals surface area contributed by atoms with E-state index in [9.17, 15) is 8.42 Å². The molecule has 0 aromatic carbocycles. The molecule has 1 aliphatic heterocycles. The van der Waals surface area contributed by atoms with Crippen LogP contribution in [0.5, 0.6) is 0 Å². The number of hydrogen-bond donors (Lipinski definition) is 1. The van der Waals surface area contributed by atoms with Crippen LogP contribution >= 0.6 is 0 Å². The van der Waals surface area contributed by atoms with E-state index < -0.39 is 10.0 Å². The zero-order valence-corrected chi connectivity index (χ0v) is 11.5. The second-order valence-corrected chi connectivity index (χ2v) is 6.36. The number of ether oxygens (including phenoxy) is 1. The highest BCUT2D eigenvalue weighted by Crippen LogP contribution is 2.20. The van der Waals surface area contributed by atoms with E-state index in [2.05, 4.69) is 10.2 Å². The fraction of sp³-hybridized carbons (Fsp3) is 0.727. The van der Waals surface area contributed by atoms with Crippen molar-refractivity contribution in [1.29, 1.82) is 0 Å². The minimum absolute atomic E-state index is 0.0203. The Labute approximate surface area is 107 Å². The zero-order chi connectivity index (χ0) is 13.2. The Morgan fingerprint density at radius 3 is 2.89 bits per heavy atom. The number of likely N-dealkylation sites (N-methyl/N-ethyl adjacent to an activating group) is 1. The molecule has 1 aromatic heterocycles. The Balaban J connectivity index is 2.18. The summed E-state index contributed by atoms with van der Waals surface area (Å²) in [5, 5.41) is 6.43. The first-order chi connectivity index (χ1) is 8.55. The molecule has 2 heterocycles. The molecule has 0 aliphatic carbocycles. The van der Waals surface area contributed by atoms with Crippen molar-refractivity contribution in [3.05, 3.63) is 11.9 Å². The minimum atomic E-state index is -3.47. The molecular formula is C11H19N3O3S. The number of aromatic nitrogens is 2. The molecular weight excluding hydrogens is 254 g/mol. The molecule has 0 spiro atoms. The van der Waals surface area contributed by atoms with Gasteiger partial charge in [-0.3, -0.25) is 5.10 Å². The first-order valence-electron chi connectivity index (χ1n) is 6.17. The first-order valence-corrected chi connectivity index (χ1v) is 7.61. The Morgan fingerprint density at radius 1 is 1.61 bits per heavy atom. The summed E-state index contributed by atoms with van der Waals surface area (Å²) in [7, 11) is -3.47. The van der Waals surface area contributed by atoms with Gasteiger partial charge in [-0.25, -0.2) is 8.42 Å². The maximum Gasteiger partial charge on any atom is 0.246 e. The topological polar surface area (TPSA) is 75.3 Å². The van der Waals surface area contributed by atoms with Gasteiger partial charge in [0.1, 0.15) is 4.90 Å². The molecule has 0 saturated carbocycles. The summed E-state index contributed by atoms with van der Waals surface area (Å²) in [6.07, 6.45) is 3.32. The Hall–Kier alpha value is -0.920. The second-order valence-electron chi connectivity index (χ2n) is 4.45. The van der Waals surface area contributed by atoms with Gasteiger partial charge >= 0.3 is 0 Å². The maximum absolute atomic E-state index is 12.4. The van der Waals surface area contributed by atoms with Gasteiger partial charge in [-0.2, -0.15) is 9.40 Å².